The molecule has 0 atom stereocenters. The summed E-state index contributed by atoms with van der Waals surface area (Å²) in [5.74, 6) is -0.0122. The minimum absolute atomic E-state index is 0.0122. The Morgan fingerprint density at radius 2 is 1.94 bits per heavy atom. The zero-order chi connectivity index (χ0) is 12.7. The summed E-state index contributed by atoms with van der Waals surface area (Å²) in [6.45, 7) is 1.77. The van der Waals surface area contributed by atoms with Gasteiger partial charge in [-0.2, -0.15) is 0 Å². The molecule has 4 nitrogen and oxygen atoms in total. The van der Waals surface area contributed by atoms with Crippen LogP contribution >= 0.6 is 11.6 Å². The molecule has 0 fully saturated rings. The van der Waals surface area contributed by atoms with E-state index in [9.17, 15) is 4.79 Å². The van der Waals surface area contributed by atoms with Gasteiger partial charge in [-0.25, -0.2) is 0 Å². The zero-order valence-corrected chi connectivity index (χ0v) is 10.9. The number of carbonyl (C=O) groups excluding carboxylic acids is 1. The number of rotatable bonds is 6. The first-order valence-electron chi connectivity index (χ1n) is 5.49. The van der Waals surface area contributed by atoms with Gasteiger partial charge in [0.05, 0.1) is 6.54 Å². The first-order valence-corrected chi connectivity index (χ1v) is 5.86. The molecule has 0 aliphatic heterocycles. The summed E-state index contributed by atoms with van der Waals surface area (Å²) >= 11 is 5.76. The molecule has 1 rings (SSSR count). The van der Waals surface area contributed by atoms with Gasteiger partial charge in [0.15, 0.2) is 0 Å². The first kappa shape index (κ1) is 13.8. The van der Waals surface area contributed by atoms with Gasteiger partial charge >= 0.3 is 0 Å². The number of halogens is 1. The van der Waals surface area contributed by atoms with Crippen molar-refractivity contribution < 1.29 is 4.79 Å². The SMILES string of the molecule is CN(C)CCNC(=O)CNc1ccc(Cl)cc1. The van der Waals surface area contributed by atoms with Crippen LogP contribution in [0.5, 0.6) is 0 Å². The Bertz CT molecular complexity index is 351. The molecule has 17 heavy (non-hydrogen) atoms. The molecule has 0 bridgehead atoms. The summed E-state index contributed by atoms with van der Waals surface area (Å²) < 4.78 is 0. The number of hydrogen-bond acceptors (Lipinski definition) is 3. The molecular formula is C12H18ClN3O. The Hall–Kier alpha value is -1.26. The van der Waals surface area contributed by atoms with Crippen LogP contribution in [0.3, 0.4) is 0 Å². The second-order valence-electron chi connectivity index (χ2n) is 4.01. The highest BCUT2D eigenvalue weighted by Crippen LogP contribution is 2.12. The van der Waals surface area contributed by atoms with E-state index in [-0.39, 0.29) is 12.5 Å². The topological polar surface area (TPSA) is 44.4 Å². The van der Waals surface area contributed by atoms with Crippen molar-refractivity contribution in [3.05, 3.63) is 29.3 Å². The molecule has 1 aromatic carbocycles. The molecule has 0 unspecified atom stereocenters. The average molecular weight is 256 g/mol. The van der Waals surface area contributed by atoms with Gasteiger partial charge in [-0.3, -0.25) is 4.79 Å². The van der Waals surface area contributed by atoms with Crippen LogP contribution in [-0.4, -0.2) is 44.5 Å². The molecule has 0 aromatic heterocycles. The normalized spacial score (nSPS) is 10.4. The van der Waals surface area contributed by atoms with Crippen LogP contribution in [0.15, 0.2) is 24.3 Å². The Kier molecular flexibility index (Phi) is 5.80. The lowest BCUT2D eigenvalue weighted by atomic mass is 10.3. The fourth-order valence-corrected chi connectivity index (χ4v) is 1.36. The van der Waals surface area contributed by atoms with Crippen molar-refractivity contribution in [3.63, 3.8) is 0 Å². The molecule has 1 aromatic rings. The molecule has 0 aliphatic carbocycles. The third-order valence-corrected chi connectivity index (χ3v) is 2.43. The molecule has 0 heterocycles. The third kappa shape index (κ3) is 6.14. The number of amides is 1. The van der Waals surface area contributed by atoms with E-state index in [4.69, 9.17) is 11.6 Å². The van der Waals surface area contributed by atoms with Gasteiger partial charge in [-0.15, -0.1) is 0 Å². The van der Waals surface area contributed by atoms with E-state index in [1.54, 1.807) is 12.1 Å². The van der Waals surface area contributed by atoms with Crippen molar-refractivity contribution in [2.45, 2.75) is 0 Å². The van der Waals surface area contributed by atoms with Crippen LogP contribution < -0.4 is 10.6 Å². The molecule has 94 valence electrons. The van der Waals surface area contributed by atoms with Crippen LogP contribution in [0.25, 0.3) is 0 Å². The monoisotopic (exact) mass is 255 g/mol. The quantitative estimate of drug-likeness (QED) is 0.808. The number of benzene rings is 1. The first-order chi connectivity index (χ1) is 8.08. The van der Waals surface area contributed by atoms with Crippen LogP contribution in [-0.2, 0) is 4.79 Å². The lowest BCUT2D eigenvalue weighted by Crippen LogP contribution is -2.34. The van der Waals surface area contributed by atoms with Gasteiger partial charge in [0.1, 0.15) is 0 Å². The lowest BCUT2D eigenvalue weighted by molar-refractivity contribution is -0.119. The summed E-state index contributed by atoms with van der Waals surface area (Å²) in [5.41, 5.74) is 0.886. The van der Waals surface area contributed by atoms with Gasteiger partial charge in [-0.1, -0.05) is 11.6 Å². The largest absolute Gasteiger partial charge is 0.376 e. The molecule has 0 radical (unpaired) electrons. The van der Waals surface area contributed by atoms with Crippen molar-refractivity contribution >= 4 is 23.2 Å². The van der Waals surface area contributed by atoms with E-state index >= 15 is 0 Å². The number of nitrogens with zero attached hydrogens (tertiary/aromatic N) is 1. The molecule has 0 saturated heterocycles. The van der Waals surface area contributed by atoms with Crippen molar-refractivity contribution in [2.75, 3.05) is 39.0 Å². The van der Waals surface area contributed by atoms with E-state index in [0.717, 1.165) is 12.2 Å². The number of likely N-dealkylation sites (N-methyl/N-ethyl adjacent to an activating group) is 1. The van der Waals surface area contributed by atoms with E-state index < -0.39 is 0 Å². The minimum Gasteiger partial charge on any atom is -0.376 e. The third-order valence-electron chi connectivity index (χ3n) is 2.18. The molecule has 1 amide bonds. The fourth-order valence-electron chi connectivity index (χ4n) is 1.23. The molecule has 0 spiro atoms. The summed E-state index contributed by atoms with van der Waals surface area (Å²) in [6.07, 6.45) is 0. The smallest absolute Gasteiger partial charge is 0.239 e. The number of carbonyl (C=O) groups is 1. The Balaban J connectivity index is 2.21. The van der Waals surface area contributed by atoms with E-state index in [1.165, 1.54) is 0 Å². The Morgan fingerprint density at radius 3 is 2.53 bits per heavy atom. The highest BCUT2D eigenvalue weighted by Gasteiger charge is 2.00. The summed E-state index contributed by atoms with van der Waals surface area (Å²) in [6, 6.07) is 7.26. The maximum atomic E-state index is 11.4. The van der Waals surface area contributed by atoms with Gasteiger partial charge < -0.3 is 15.5 Å². The van der Waals surface area contributed by atoms with Gasteiger partial charge in [0.25, 0.3) is 0 Å². The van der Waals surface area contributed by atoms with Crippen molar-refractivity contribution in [1.29, 1.82) is 0 Å². The molecule has 5 heteroatoms. The molecule has 0 aliphatic rings. The Labute approximate surface area is 107 Å². The van der Waals surface area contributed by atoms with Crippen molar-refractivity contribution in [1.82, 2.24) is 10.2 Å². The second-order valence-corrected chi connectivity index (χ2v) is 4.45. The zero-order valence-electron chi connectivity index (χ0n) is 10.2. The number of anilines is 1. The number of nitrogens with one attached hydrogen (secondary N) is 2. The van der Waals surface area contributed by atoms with E-state index in [2.05, 4.69) is 10.6 Å². The van der Waals surface area contributed by atoms with Crippen molar-refractivity contribution in [2.24, 2.45) is 0 Å². The summed E-state index contributed by atoms with van der Waals surface area (Å²) in [7, 11) is 3.94. The van der Waals surface area contributed by atoms with Crippen LogP contribution in [0.2, 0.25) is 5.02 Å². The lowest BCUT2D eigenvalue weighted by Gasteiger charge is -2.11. The molecule has 2 N–H and O–H groups in total. The minimum atomic E-state index is -0.0122. The fraction of sp³-hybridized carbons (Fsp3) is 0.417. The van der Waals surface area contributed by atoms with Crippen LogP contribution in [0, 0.1) is 0 Å². The average Bonchev–Trinajstić information content (AvgIpc) is 2.28. The van der Waals surface area contributed by atoms with Gasteiger partial charge in [0.2, 0.25) is 5.91 Å². The highest BCUT2D eigenvalue weighted by atomic mass is 35.5. The van der Waals surface area contributed by atoms with E-state index in [1.807, 2.05) is 31.1 Å². The maximum absolute atomic E-state index is 11.4. The van der Waals surface area contributed by atoms with Gasteiger partial charge in [-0.05, 0) is 38.4 Å². The predicted molar refractivity (Wildman–Crippen MR) is 71.5 cm³/mol. The van der Waals surface area contributed by atoms with Crippen LogP contribution in [0.4, 0.5) is 5.69 Å². The number of hydrogen-bond donors (Lipinski definition) is 2. The molecule has 0 saturated carbocycles. The molecular weight excluding hydrogens is 238 g/mol. The van der Waals surface area contributed by atoms with Crippen molar-refractivity contribution in [3.8, 4) is 0 Å². The maximum Gasteiger partial charge on any atom is 0.239 e. The van der Waals surface area contributed by atoms with Crippen LogP contribution in [0.1, 0.15) is 0 Å². The van der Waals surface area contributed by atoms with Gasteiger partial charge in [0, 0.05) is 23.8 Å². The summed E-state index contributed by atoms with van der Waals surface area (Å²) in [5, 5.41) is 6.54. The Morgan fingerprint density at radius 1 is 1.29 bits per heavy atom. The van der Waals surface area contributed by atoms with E-state index in [0.29, 0.717) is 11.6 Å². The highest BCUT2D eigenvalue weighted by molar-refractivity contribution is 6.30. The second kappa shape index (κ2) is 7.14. The standard InChI is InChI=1S/C12H18ClN3O/c1-16(2)8-7-14-12(17)9-15-11-5-3-10(13)4-6-11/h3-6,15H,7-9H2,1-2H3,(H,14,17). The summed E-state index contributed by atoms with van der Waals surface area (Å²) in [4.78, 5) is 13.5. The predicted octanol–water partition coefficient (Wildman–Crippen LogP) is 1.43.